The van der Waals surface area contributed by atoms with Crippen LogP contribution in [-0.4, -0.2) is 39.0 Å². The molecule has 1 aliphatic heterocycles. The molecule has 2 heterocycles. The summed E-state index contributed by atoms with van der Waals surface area (Å²) in [5.74, 6) is -3.55. The van der Waals surface area contributed by atoms with Crippen molar-refractivity contribution < 1.29 is 29.0 Å². The number of hydrogen-bond acceptors (Lipinski definition) is 4. The maximum Gasteiger partial charge on any atom is 0.322 e. The molecule has 1 aliphatic carbocycles. The van der Waals surface area contributed by atoms with E-state index in [0.717, 1.165) is 12.8 Å². The van der Waals surface area contributed by atoms with Gasteiger partial charge in [0.25, 0.3) is 5.91 Å². The number of fused-ring (bicyclic) bond motifs is 2. The largest absolute Gasteiger partial charge is 0.505 e. The minimum atomic E-state index is -1.25. The number of carbonyl (C=O) groups is 3. The third-order valence-electron chi connectivity index (χ3n) is 5.64. The third kappa shape index (κ3) is 2.91. The fraction of sp³-hybridized carbons (Fsp3) is 0.286. The first-order valence-electron chi connectivity index (χ1n) is 9.32. The molecule has 3 N–H and O–H groups in total. The van der Waals surface area contributed by atoms with E-state index in [4.69, 9.17) is 5.11 Å². The van der Waals surface area contributed by atoms with E-state index in [1.807, 2.05) is 0 Å². The molecule has 29 heavy (non-hydrogen) atoms. The Morgan fingerprint density at radius 3 is 2.31 bits per heavy atom. The SMILES string of the molecule is O=C(O)CNC(=O)C1=C(O)c2ccc(-c3ccc(F)cc3)n2C2(CCCC2)C1=O. The Morgan fingerprint density at radius 1 is 1.07 bits per heavy atom. The van der Waals surface area contributed by atoms with E-state index < -0.39 is 41.1 Å². The van der Waals surface area contributed by atoms with Crippen molar-refractivity contribution in [2.24, 2.45) is 0 Å². The molecule has 150 valence electrons. The highest BCUT2D eigenvalue weighted by atomic mass is 19.1. The average Bonchev–Trinajstić information content (AvgIpc) is 3.34. The van der Waals surface area contributed by atoms with Crippen LogP contribution in [0.25, 0.3) is 17.0 Å². The average molecular weight is 398 g/mol. The van der Waals surface area contributed by atoms with Crippen molar-refractivity contribution >= 4 is 23.4 Å². The molecule has 0 saturated heterocycles. The lowest BCUT2D eigenvalue weighted by atomic mass is 9.82. The van der Waals surface area contributed by atoms with E-state index in [0.29, 0.717) is 29.8 Å². The Bertz CT molecular complexity index is 1050. The van der Waals surface area contributed by atoms with Crippen molar-refractivity contribution in [2.75, 3.05) is 6.54 Å². The molecule has 1 aromatic carbocycles. The van der Waals surface area contributed by atoms with Crippen molar-refractivity contribution in [3.63, 3.8) is 0 Å². The second-order valence-corrected chi connectivity index (χ2v) is 7.31. The molecule has 0 unspecified atom stereocenters. The van der Waals surface area contributed by atoms with Crippen molar-refractivity contribution in [1.29, 1.82) is 0 Å². The number of aromatic nitrogens is 1. The van der Waals surface area contributed by atoms with Crippen LogP contribution in [0.4, 0.5) is 4.39 Å². The Hall–Kier alpha value is -3.42. The van der Waals surface area contributed by atoms with Crippen LogP contribution in [0.15, 0.2) is 42.0 Å². The van der Waals surface area contributed by atoms with Crippen LogP contribution in [0.5, 0.6) is 0 Å². The predicted molar refractivity (Wildman–Crippen MR) is 101 cm³/mol. The summed E-state index contributed by atoms with van der Waals surface area (Å²) in [6.07, 6.45) is 2.53. The maximum absolute atomic E-state index is 13.4. The number of aliphatic hydroxyl groups is 1. The highest BCUT2D eigenvalue weighted by Gasteiger charge is 2.51. The van der Waals surface area contributed by atoms with Crippen molar-refractivity contribution in [3.05, 3.63) is 53.5 Å². The number of nitrogens with one attached hydrogen (secondary N) is 1. The number of rotatable bonds is 4. The molecular formula is C21H19FN2O5. The van der Waals surface area contributed by atoms with Gasteiger partial charge in [-0.1, -0.05) is 12.8 Å². The number of carboxylic acids is 1. The first-order chi connectivity index (χ1) is 13.8. The third-order valence-corrected chi connectivity index (χ3v) is 5.64. The number of carbonyl (C=O) groups excluding carboxylic acids is 2. The number of Topliss-reactive ketones (excluding diaryl/α,β-unsaturated/α-hetero) is 1. The Balaban J connectivity index is 1.88. The quantitative estimate of drug-likeness (QED) is 0.686. The second-order valence-electron chi connectivity index (χ2n) is 7.31. The van der Waals surface area contributed by atoms with Gasteiger partial charge in [0.05, 0.1) is 5.69 Å². The minimum Gasteiger partial charge on any atom is -0.505 e. The van der Waals surface area contributed by atoms with Gasteiger partial charge in [0.2, 0.25) is 0 Å². The van der Waals surface area contributed by atoms with E-state index in [-0.39, 0.29) is 5.82 Å². The van der Waals surface area contributed by atoms with Crippen LogP contribution in [0.3, 0.4) is 0 Å². The molecule has 1 fully saturated rings. The molecule has 2 aliphatic rings. The Morgan fingerprint density at radius 2 is 1.69 bits per heavy atom. The van der Waals surface area contributed by atoms with Crippen LogP contribution < -0.4 is 5.32 Å². The van der Waals surface area contributed by atoms with Gasteiger partial charge in [0.15, 0.2) is 11.5 Å². The summed E-state index contributed by atoms with van der Waals surface area (Å²) in [5, 5.41) is 21.7. The molecule has 0 radical (unpaired) electrons. The summed E-state index contributed by atoms with van der Waals surface area (Å²) in [6.45, 7) is -0.655. The standard InChI is InChI=1S/C21H19FN2O5/c22-13-5-3-12(4-6-13)14-7-8-15-18(27)17(20(29)23-11-16(25)26)19(28)21(24(14)15)9-1-2-10-21/h3-8,27H,1-2,9-11H2,(H,23,29)(H,25,26). The maximum atomic E-state index is 13.4. The topological polar surface area (TPSA) is 109 Å². The molecule has 1 spiro atoms. The first-order valence-corrected chi connectivity index (χ1v) is 9.32. The lowest BCUT2D eigenvalue weighted by Crippen LogP contribution is -2.48. The van der Waals surface area contributed by atoms with E-state index in [2.05, 4.69) is 5.32 Å². The molecule has 4 rings (SSSR count). The van der Waals surface area contributed by atoms with Gasteiger partial charge in [0.1, 0.15) is 23.5 Å². The zero-order valence-electron chi connectivity index (χ0n) is 15.4. The summed E-state index contributed by atoms with van der Waals surface area (Å²) in [5.41, 5.74) is 0.191. The van der Waals surface area contributed by atoms with Gasteiger partial charge in [-0.15, -0.1) is 0 Å². The molecule has 8 heteroatoms. The molecule has 0 bridgehead atoms. The lowest BCUT2D eigenvalue weighted by molar-refractivity contribution is -0.138. The summed E-state index contributed by atoms with van der Waals surface area (Å²) in [4.78, 5) is 36.7. The fourth-order valence-electron chi connectivity index (χ4n) is 4.36. The molecule has 1 amide bonds. The van der Waals surface area contributed by atoms with Crippen LogP contribution in [0.2, 0.25) is 0 Å². The molecular weight excluding hydrogens is 379 g/mol. The monoisotopic (exact) mass is 398 g/mol. The van der Waals surface area contributed by atoms with E-state index in [1.54, 1.807) is 28.8 Å². The number of benzene rings is 1. The highest BCUT2D eigenvalue weighted by molar-refractivity contribution is 6.27. The Kier molecular flexibility index (Phi) is 4.49. The lowest BCUT2D eigenvalue weighted by Gasteiger charge is -2.37. The van der Waals surface area contributed by atoms with Gasteiger partial charge in [-0.3, -0.25) is 14.4 Å². The number of aliphatic hydroxyl groups excluding tert-OH is 1. The van der Waals surface area contributed by atoms with E-state index in [9.17, 15) is 23.9 Å². The number of carboxylic acid groups (broad SMARTS) is 1. The summed E-state index contributed by atoms with van der Waals surface area (Å²) < 4.78 is 15.1. The van der Waals surface area contributed by atoms with Crippen molar-refractivity contribution in [1.82, 2.24) is 9.88 Å². The number of amides is 1. The number of hydrogen-bond donors (Lipinski definition) is 3. The molecule has 1 aromatic heterocycles. The Labute approximate surface area is 165 Å². The van der Waals surface area contributed by atoms with Gasteiger partial charge in [-0.25, -0.2) is 4.39 Å². The van der Waals surface area contributed by atoms with Crippen molar-refractivity contribution in [3.8, 4) is 11.3 Å². The zero-order valence-corrected chi connectivity index (χ0v) is 15.4. The summed E-state index contributed by atoms with van der Waals surface area (Å²) in [7, 11) is 0. The highest BCUT2D eigenvalue weighted by Crippen LogP contribution is 2.47. The fourth-order valence-corrected chi connectivity index (χ4v) is 4.36. The molecule has 2 aromatic rings. The zero-order chi connectivity index (χ0) is 20.8. The van der Waals surface area contributed by atoms with Crippen molar-refractivity contribution in [2.45, 2.75) is 31.2 Å². The predicted octanol–water partition coefficient (Wildman–Crippen LogP) is 2.62. The summed E-state index contributed by atoms with van der Waals surface area (Å²) in [6, 6.07) is 9.18. The van der Waals surface area contributed by atoms with Gasteiger partial charge in [-0.05, 0) is 54.8 Å². The van der Waals surface area contributed by atoms with E-state index >= 15 is 0 Å². The van der Waals surface area contributed by atoms with Gasteiger partial charge >= 0.3 is 5.97 Å². The van der Waals surface area contributed by atoms with E-state index in [1.165, 1.54) is 12.1 Å². The minimum absolute atomic E-state index is 0.311. The van der Waals surface area contributed by atoms with Gasteiger partial charge in [0, 0.05) is 5.69 Å². The van der Waals surface area contributed by atoms with Crippen LogP contribution in [0, 0.1) is 5.82 Å². The van der Waals surface area contributed by atoms with Gasteiger partial charge in [-0.2, -0.15) is 0 Å². The normalized spacial score (nSPS) is 17.5. The molecule has 0 atom stereocenters. The molecule has 7 nitrogen and oxygen atoms in total. The number of ketones is 1. The summed E-state index contributed by atoms with van der Waals surface area (Å²) >= 11 is 0. The molecule has 1 saturated carbocycles. The van der Waals surface area contributed by atoms with Crippen LogP contribution in [-0.2, 0) is 19.9 Å². The van der Waals surface area contributed by atoms with Crippen LogP contribution >= 0.6 is 0 Å². The van der Waals surface area contributed by atoms with Gasteiger partial charge < -0.3 is 20.1 Å². The first kappa shape index (κ1) is 18.9. The smallest absolute Gasteiger partial charge is 0.322 e. The van der Waals surface area contributed by atoms with Crippen LogP contribution in [0.1, 0.15) is 31.4 Å². The number of nitrogens with zero attached hydrogens (tertiary/aromatic N) is 1. The number of halogens is 1. The second kappa shape index (κ2) is 6.88. The number of aliphatic carboxylic acids is 1.